The van der Waals surface area contributed by atoms with E-state index in [0.717, 1.165) is 43.0 Å². The minimum Gasteiger partial charge on any atom is -0.496 e. The molecule has 0 unspecified atom stereocenters. The number of unbranched alkanes of at least 4 members (excludes halogenated alkanes) is 1. The lowest BCUT2D eigenvalue weighted by molar-refractivity contribution is 0.385. The van der Waals surface area contributed by atoms with Crippen molar-refractivity contribution in [1.82, 2.24) is 5.32 Å². The first-order chi connectivity index (χ1) is 9.24. The van der Waals surface area contributed by atoms with Gasteiger partial charge in [-0.15, -0.1) is 0 Å². The number of hydrogen-bond acceptors (Lipinski definition) is 4. The molecule has 0 saturated carbocycles. The van der Waals surface area contributed by atoms with Gasteiger partial charge in [-0.1, -0.05) is 6.07 Å². The molecule has 4 nitrogen and oxygen atoms in total. The van der Waals surface area contributed by atoms with E-state index in [2.05, 4.69) is 11.4 Å². The van der Waals surface area contributed by atoms with E-state index in [1.807, 2.05) is 19.1 Å². The van der Waals surface area contributed by atoms with E-state index in [-0.39, 0.29) is 0 Å². The molecule has 0 saturated heterocycles. The zero-order valence-electron chi connectivity index (χ0n) is 12.0. The molecule has 104 valence electrons. The molecule has 0 fully saturated rings. The molecule has 0 radical (unpaired) electrons. The molecule has 0 aliphatic carbocycles. The fourth-order valence-corrected chi connectivity index (χ4v) is 2.07. The summed E-state index contributed by atoms with van der Waals surface area (Å²) in [5.74, 6) is 1.75. The Bertz CT molecular complexity index is 439. The van der Waals surface area contributed by atoms with Crippen LogP contribution in [0.4, 0.5) is 0 Å². The molecule has 0 heterocycles. The highest BCUT2D eigenvalue weighted by Gasteiger charge is 2.10. The summed E-state index contributed by atoms with van der Waals surface area (Å²) >= 11 is 0. The molecule has 4 heteroatoms. The average molecular weight is 262 g/mol. The maximum Gasteiger partial charge on any atom is 0.128 e. The third-order valence-corrected chi connectivity index (χ3v) is 3.08. The van der Waals surface area contributed by atoms with Crippen LogP contribution in [0.3, 0.4) is 0 Å². The Morgan fingerprint density at radius 1 is 1.21 bits per heavy atom. The van der Waals surface area contributed by atoms with E-state index in [4.69, 9.17) is 14.7 Å². The van der Waals surface area contributed by atoms with Crippen molar-refractivity contribution in [2.45, 2.75) is 26.2 Å². The van der Waals surface area contributed by atoms with Gasteiger partial charge in [-0.05, 0) is 44.5 Å². The molecule has 0 bridgehead atoms. The molecule has 0 spiro atoms. The van der Waals surface area contributed by atoms with E-state index in [1.165, 1.54) is 5.56 Å². The van der Waals surface area contributed by atoms with Crippen molar-refractivity contribution in [3.05, 3.63) is 23.3 Å². The molecule has 1 N–H and O–H groups in total. The topological polar surface area (TPSA) is 54.3 Å². The first kappa shape index (κ1) is 15.3. The SMILES string of the molecule is COc1ccc(CCNCCCC#N)c(OC)c1C. The summed E-state index contributed by atoms with van der Waals surface area (Å²) in [7, 11) is 3.35. The van der Waals surface area contributed by atoms with Gasteiger partial charge >= 0.3 is 0 Å². The normalized spacial score (nSPS) is 10.0. The maximum absolute atomic E-state index is 8.44. The van der Waals surface area contributed by atoms with Crippen LogP contribution in [0.25, 0.3) is 0 Å². The number of nitriles is 1. The van der Waals surface area contributed by atoms with Crippen LogP contribution in [0.5, 0.6) is 11.5 Å². The number of rotatable bonds is 8. The van der Waals surface area contributed by atoms with Crippen LogP contribution in [-0.4, -0.2) is 27.3 Å². The fraction of sp³-hybridized carbons (Fsp3) is 0.533. The summed E-state index contributed by atoms with van der Waals surface area (Å²) in [4.78, 5) is 0. The summed E-state index contributed by atoms with van der Waals surface area (Å²) in [5.41, 5.74) is 2.21. The highest BCUT2D eigenvalue weighted by Crippen LogP contribution is 2.31. The molecule has 0 atom stereocenters. The Balaban J connectivity index is 2.54. The third-order valence-electron chi connectivity index (χ3n) is 3.08. The van der Waals surface area contributed by atoms with Gasteiger partial charge < -0.3 is 14.8 Å². The van der Waals surface area contributed by atoms with Gasteiger partial charge in [-0.25, -0.2) is 0 Å². The van der Waals surface area contributed by atoms with Gasteiger partial charge in [0, 0.05) is 12.0 Å². The maximum atomic E-state index is 8.44. The summed E-state index contributed by atoms with van der Waals surface area (Å²) in [6, 6.07) is 6.16. The Kier molecular flexibility index (Phi) is 6.76. The molecule has 1 aromatic carbocycles. The number of nitrogens with one attached hydrogen (secondary N) is 1. The van der Waals surface area contributed by atoms with Crippen LogP contribution in [0.2, 0.25) is 0 Å². The van der Waals surface area contributed by atoms with E-state index >= 15 is 0 Å². The second-order valence-electron chi connectivity index (χ2n) is 4.35. The Morgan fingerprint density at radius 3 is 2.63 bits per heavy atom. The van der Waals surface area contributed by atoms with Crippen LogP contribution >= 0.6 is 0 Å². The van der Waals surface area contributed by atoms with Crippen LogP contribution in [-0.2, 0) is 6.42 Å². The predicted molar refractivity (Wildman–Crippen MR) is 75.7 cm³/mol. The van der Waals surface area contributed by atoms with Crippen molar-refractivity contribution in [1.29, 1.82) is 5.26 Å². The monoisotopic (exact) mass is 262 g/mol. The zero-order chi connectivity index (χ0) is 14.1. The minimum absolute atomic E-state index is 0.609. The quantitative estimate of drug-likeness (QED) is 0.731. The van der Waals surface area contributed by atoms with Crippen LogP contribution < -0.4 is 14.8 Å². The largest absolute Gasteiger partial charge is 0.496 e. The van der Waals surface area contributed by atoms with E-state index < -0.39 is 0 Å². The highest BCUT2D eigenvalue weighted by molar-refractivity contribution is 5.49. The molecular formula is C15H22N2O2. The van der Waals surface area contributed by atoms with Crippen molar-refractivity contribution in [2.75, 3.05) is 27.3 Å². The lowest BCUT2D eigenvalue weighted by Gasteiger charge is -2.14. The van der Waals surface area contributed by atoms with Crippen LogP contribution in [0.15, 0.2) is 12.1 Å². The van der Waals surface area contributed by atoms with E-state index in [0.29, 0.717) is 6.42 Å². The first-order valence-corrected chi connectivity index (χ1v) is 6.52. The van der Waals surface area contributed by atoms with Crippen LogP contribution in [0, 0.1) is 18.3 Å². The van der Waals surface area contributed by atoms with Gasteiger partial charge in [0.2, 0.25) is 0 Å². The van der Waals surface area contributed by atoms with Crippen LogP contribution in [0.1, 0.15) is 24.0 Å². The van der Waals surface area contributed by atoms with Crippen molar-refractivity contribution < 1.29 is 9.47 Å². The fourth-order valence-electron chi connectivity index (χ4n) is 2.07. The summed E-state index contributed by atoms with van der Waals surface area (Å²) < 4.78 is 10.7. The number of nitrogens with zero attached hydrogens (tertiary/aromatic N) is 1. The van der Waals surface area contributed by atoms with Gasteiger partial charge in [0.15, 0.2) is 0 Å². The molecule has 0 aliphatic rings. The number of methoxy groups -OCH3 is 2. The van der Waals surface area contributed by atoms with E-state index in [9.17, 15) is 0 Å². The number of benzene rings is 1. The van der Waals surface area contributed by atoms with E-state index in [1.54, 1.807) is 14.2 Å². The third kappa shape index (κ3) is 4.46. The molecule has 1 rings (SSSR count). The number of ether oxygens (including phenoxy) is 2. The van der Waals surface area contributed by atoms with Crippen molar-refractivity contribution in [3.63, 3.8) is 0 Å². The second-order valence-corrected chi connectivity index (χ2v) is 4.35. The Morgan fingerprint density at radius 2 is 2.00 bits per heavy atom. The summed E-state index contributed by atoms with van der Waals surface area (Å²) in [5, 5.41) is 11.8. The van der Waals surface area contributed by atoms with Gasteiger partial charge in [-0.3, -0.25) is 0 Å². The smallest absolute Gasteiger partial charge is 0.128 e. The molecule has 19 heavy (non-hydrogen) atoms. The second kappa shape index (κ2) is 8.39. The summed E-state index contributed by atoms with van der Waals surface area (Å²) in [6.45, 7) is 3.76. The average Bonchev–Trinajstić information content (AvgIpc) is 2.43. The Hall–Kier alpha value is -1.73. The molecule has 1 aromatic rings. The lowest BCUT2D eigenvalue weighted by Crippen LogP contribution is -2.18. The zero-order valence-corrected chi connectivity index (χ0v) is 12.0. The minimum atomic E-state index is 0.609. The van der Waals surface area contributed by atoms with Crippen molar-refractivity contribution in [2.24, 2.45) is 0 Å². The van der Waals surface area contributed by atoms with Gasteiger partial charge in [0.1, 0.15) is 11.5 Å². The molecule has 0 aromatic heterocycles. The van der Waals surface area contributed by atoms with Gasteiger partial charge in [0.05, 0.1) is 20.3 Å². The number of hydrogen-bond donors (Lipinski definition) is 1. The van der Waals surface area contributed by atoms with Crippen molar-refractivity contribution >= 4 is 0 Å². The Labute approximate surface area is 115 Å². The lowest BCUT2D eigenvalue weighted by atomic mass is 10.1. The molecule has 0 amide bonds. The first-order valence-electron chi connectivity index (χ1n) is 6.52. The van der Waals surface area contributed by atoms with Gasteiger partial charge in [-0.2, -0.15) is 5.26 Å². The molecular weight excluding hydrogens is 240 g/mol. The predicted octanol–water partition coefficient (Wildman–Crippen LogP) is 2.45. The van der Waals surface area contributed by atoms with Gasteiger partial charge in [0.25, 0.3) is 0 Å². The molecule has 0 aliphatic heterocycles. The van der Waals surface area contributed by atoms with Crippen molar-refractivity contribution in [3.8, 4) is 17.6 Å². The standard InChI is InChI=1S/C15H22N2O2/c1-12-14(18-2)7-6-13(15(12)19-3)8-11-17-10-5-4-9-16/h6-7,17H,4-5,8,10-11H2,1-3H3. The highest BCUT2D eigenvalue weighted by atomic mass is 16.5. The summed E-state index contributed by atoms with van der Waals surface area (Å²) in [6.07, 6.45) is 2.41.